The molecule has 2 aliphatic carbocycles. The molecular formula is C18H22N2O. The molecule has 0 unspecified atom stereocenters. The van der Waals surface area contributed by atoms with Crippen LogP contribution in [0.15, 0.2) is 30.5 Å². The fourth-order valence-electron chi connectivity index (χ4n) is 3.41. The van der Waals surface area contributed by atoms with Crippen LogP contribution in [-0.2, 0) is 0 Å². The molecule has 2 aliphatic rings. The van der Waals surface area contributed by atoms with Crippen molar-refractivity contribution < 1.29 is 4.74 Å². The number of nitrogens with zero attached hydrogens (tertiary/aromatic N) is 1. The molecule has 1 aromatic heterocycles. The standard InChI is InChI=1S/C18H22N2O/c1-21-15-6-7-16-14(10-15)8-9-19-18(16)20-11-17(12-2-3-12)13-4-5-13/h6-10,12-13,17H,2-5,11H2,1H3,(H,19,20). The molecule has 0 radical (unpaired) electrons. The summed E-state index contributed by atoms with van der Waals surface area (Å²) >= 11 is 0. The summed E-state index contributed by atoms with van der Waals surface area (Å²) in [5.41, 5.74) is 0. The van der Waals surface area contributed by atoms with Gasteiger partial charge in [0, 0.05) is 18.1 Å². The van der Waals surface area contributed by atoms with Gasteiger partial charge in [-0.2, -0.15) is 0 Å². The minimum absolute atomic E-state index is 0.861. The van der Waals surface area contributed by atoms with Crippen molar-refractivity contribution in [3.63, 3.8) is 0 Å². The molecule has 0 aliphatic heterocycles. The Morgan fingerprint density at radius 2 is 1.95 bits per heavy atom. The molecule has 21 heavy (non-hydrogen) atoms. The van der Waals surface area contributed by atoms with Gasteiger partial charge in [0.2, 0.25) is 0 Å². The van der Waals surface area contributed by atoms with Crippen molar-refractivity contribution in [2.24, 2.45) is 17.8 Å². The smallest absolute Gasteiger partial charge is 0.133 e. The summed E-state index contributed by atoms with van der Waals surface area (Å²) in [5.74, 6) is 4.72. The molecule has 0 saturated heterocycles. The predicted octanol–water partition coefficient (Wildman–Crippen LogP) is 4.09. The second-order valence-electron chi connectivity index (χ2n) is 6.47. The van der Waals surface area contributed by atoms with Gasteiger partial charge in [-0.15, -0.1) is 0 Å². The first kappa shape index (κ1) is 12.9. The molecule has 2 fully saturated rings. The van der Waals surface area contributed by atoms with E-state index in [1.54, 1.807) is 7.11 Å². The Bertz CT molecular complexity index is 635. The largest absolute Gasteiger partial charge is 0.497 e. The van der Waals surface area contributed by atoms with Gasteiger partial charge in [0.1, 0.15) is 11.6 Å². The van der Waals surface area contributed by atoms with Crippen molar-refractivity contribution in [2.75, 3.05) is 19.0 Å². The molecule has 0 amide bonds. The van der Waals surface area contributed by atoms with E-state index >= 15 is 0 Å². The summed E-state index contributed by atoms with van der Waals surface area (Å²) in [6.07, 6.45) is 7.62. The van der Waals surface area contributed by atoms with Crippen LogP contribution in [0.1, 0.15) is 25.7 Å². The van der Waals surface area contributed by atoms with Crippen LogP contribution in [0.4, 0.5) is 5.82 Å². The van der Waals surface area contributed by atoms with Gasteiger partial charge >= 0.3 is 0 Å². The van der Waals surface area contributed by atoms with Crippen molar-refractivity contribution in [1.29, 1.82) is 0 Å². The van der Waals surface area contributed by atoms with Crippen LogP contribution in [0, 0.1) is 17.8 Å². The van der Waals surface area contributed by atoms with Crippen molar-refractivity contribution in [3.05, 3.63) is 30.5 Å². The van der Waals surface area contributed by atoms with Gasteiger partial charge in [-0.25, -0.2) is 4.98 Å². The highest BCUT2D eigenvalue weighted by Crippen LogP contribution is 2.49. The fourth-order valence-corrected chi connectivity index (χ4v) is 3.41. The molecule has 1 N–H and O–H groups in total. The van der Waals surface area contributed by atoms with Crippen molar-refractivity contribution in [3.8, 4) is 5.75 Å². The Hall–Kier alpha value is -1.77. The molecule has 0 bridgehead atoms. The quantitative estimate of drug-likeness (QED) is 0.866. The molecule has 3 heteroatoms. The van der Waals surface area contributed by atoms with Gasteiger partial charge in [0.25, 0.3) is 0 Å². The lowest BCUT2D eigenvalue weighted by Crippen LogP contribution is -2.18. The van der Waals surface area contributed by atoms with Gasteiger partial charge < -0.3 is 10.1 Å². The second-order valence-corrected chi connectivity index (χ2v) is 6.47. The number of ether oxygens (including phenoxy) is 1. The lowest BCUT2D eigenvalue weighted by atomic mass is 9.98. The van der Waals surface area contributed by atoms with Crippen LogP contribution in [0.3, 0.4) is 0 Å². The van der Waals surface area contributed by atoms with Gasteiger partial charge in [0.15, 0.2) is 0 Å². The highest BCUT2D eigenvalue weighted by atomic mass is 16.5. The lowest BCUT2D eigenvalue weighted by Gasteiger charge is -2.17. The first-order valence-electron chi connectivity index (χ1n) is 8.02. The molecule has 4 rings (SSSR count). The van der Waals surface area contributed by atoms with E-state index in [4.69, 9.17) is 4.74 Å². The zero-order chi connectivity index (χ0) is 14.2. The van der Waals surface area contributed by atoms with E-state index in [2.05, 4.69) is 22.4 Å². The van der Waals surface area contributed by atoms with Crippen LogP contribution >= 0.6 is 0 Å². The zero-order valence-electron chi connectivity index (χ0n) is 12.5. The van der Waals surface area contributed by atoms with Gasteiger partial charge in [-0.1, -0.05) is 0 Å². The van der Waals surface area contributed by atoms with Crippen molar-refractivity contribution in [1.82, 2.24) is 4.98 Å². The number of hydrogen-bond donors (Lipinski definition) is 1. The van der Waals surface area contributed by atoms with Gasteiger partial charge in [0.05, 0.1) is 7.11 Å². The Labute approximate surface area is 125 Å². The summed E-state index contributed by atoms with van der Waals surface area (Å²) in [7, 11) is 1.71. The van der Waals surface area contributed by atoms with E-state index in [1.807, 2.05) is 18.3 Å². The highest BCUT2D eigenvalue weighted by Gasteiger charge is 2.41. The number of hydrogen-bond acceptors (Lipinski definition) is 3. The maximum atomic E-state index is 5.30. The van der Waals surface area contributed by atoms with Crippen LogP contribution in [-0.4, -0.2) is 18.6 Å². The summed E-state index contributed by atoms with van der Waals surface area (Å²) in [5, 5.41) is 5.98. The normalized spacial score (nSPS) is 18.2. The van der Waals surface area contributed by atoms with Gasteiger partial charge in [-0.05, 0) is 73.1 Å². The number of benzene rings is 1. The molecule has 110 valence electrons. The van der Waals surface area contributed by atoms with Crippen LogP contribution in [0.5, 0.6) is 5.75 Å². The summed E-state index contributed by atoms with van der Waals surface area (Å²) < 4.78 is 5.30. The summed E-state index contributed by atoms with van der Waals surface area (Å²) in [4.78, 5) is 4.54. The number of methoxy groups -OCH3 is 1. The average molecular weight is 282 g/mol. The maximum absolute atomic E-state index is 5.30. The third-order valence-electron chi connectivity index (χ3n) is 4.93. The second kappa shape index (κ2) is 5.21. The molecule has 1 aromatic carbocycles. The zero-order valence-corrected chi connectivity index (χ0v) is 12.5. The van der Waals surface area contributed by atoms with Crippen molar-refractivity contribution >= 4 is 16.6 Å². The number of anilines is 1. The van der Waals surface area contributed by atoms with Crippen LogP contribution in [0.2, 0.25) is 0 Å². The van der Waals surface area contributed by atoms with E-state index in [0.717, 1.165) is 35.9 Å². The fraction of sp³-hybridized carbons (Fsp3) is 0.500. The first-order valence-corrected chi connectivity index (χ1v) is 8.02. The third-order valence-corrected chi connectivity index (χ3v) is 4.93. The van der Waals surface area contributed by atoms with Gasteiger partial charge in [-0.3, -0.25) is 0 Å². The summed E-state index contributed by atoms with van der Waals surface area (Å²) in [6.45, 7) is 1.08. The average Bonchev–Trinajstić information content (AvgIpc) is 3.39. The Morgan fingerprint density at radius 1 is 1.19 bits per heavy atom. The molecule has 2 saturated carbocycles. The summed E-state index contributed by atoms with van der Waals surface area (Å²) in [6, 6.07) is 8.23. The Kier molecular flexibility index (Phi) is 3.21. The molecule has 0 atom stereocenters. The monoisotopic (exact) mass is 282 g/mol. The third kappa shape index (κ3) is 2.69. The van der Waals surface area contributed by atoms with Crippen LogP contribution < -0.4 is 10.1 Å². The van der Waals surface area contributed by atoms with E-state index in [0.29, 0.717) is 0 Å². The minimum Gasteiger partial charge on any atom is -0.497 e. The maximum Gasteiger partial charge on any atom is 0.133 e. The lowest BCUT2D eigenvalue weighted by molar-refractivity contribution is 0.415. The van der Waals surface area contributed by atoms with Crippen LogP contribution in [0.25, 0.3) is 10.8 Å². The molecular weight excluding hydrogens is 260 g/mol. The number of fused-ring (bicyclic) bond motifs is 1. The number of aromatic nitrogens is 1. The number of rotatable bonds is 6. The van der Waals surface area contributed by atoms with E-state index in [1.165, 1.54) is 36.5 Å². The van der Waals surface area contributed by atoms with E-state index in [-0.39, 0.29) is 0 Å². The Balaban J connectivity index is 1.55. The predicted molar refractivity (Wildman–Crippen MR) is 85.7 cm³/mol. The molecule has 2 aromatic rings. The topological polar surface area (TPSA) is 34.1 Å². The highest BCUT2D eigenvalue weighted by molar-refractivity contribution is 5.92. The SMILES string of the molecule is COc1ccc2c(NCC(C3CC3)C3CC3)nccc2c1. The molecule has 0 spiro atoms. The van der Waals surface area contributed by atoms with Crippen molar-refractivity contribution in [2.45, 2.75) is 25.7 Å². The number of nitrogens with one attached hydrogen (secondary N) is 1. The number of pyridine rings is 1. The first-order chi connectivity index (χ1) is 10.3. The molecule has 3 nitrogen and oxygen atoms in total. The Morgan fingerprint density at radius 3 is 2.62 bits per heavy atom. The van der Waals surface area contributed by atoms with E-state index < -0.39 is 0 Å². The minimum atomic E-state index is 0.861. The van der Waals surface area contributed by atoms with E-state index in [9.17, 15) is 0 Å². The molecule has 1 heterocycles.